The molecule has 3 rings (SSSR count). The largest absolute Gasteiger partial charge is 0.493 e. The van der Waals surface area contributed by atoms with Crippen molar-refractivity contribution in [1.29, 1.82) is 0 Å². The first kappa shape index (κ1) is 20.1. The molecule has 1 amide bonds. The Hall–Kier alpha value is -2.69. The van der Waals surface area contributed by atoms with Crippen LogP contribution in [0.5, 0.6) is 11.5 Å². The summed E-state index contributed by atoms with van der Waals surface area (Å²) >= 11 is 12.0. The maximum atomic E-state index is 12.6. The highest BCUT2D eigenvalue weighted by Gasteiger charge is 2.12. The second-order valence-electron chi connectivity index (χ2n) is 5.94. The molecule has 0 aliphatic carbocycles. The molecule has 0 atom stereocenters. The van der Waals surface area contributed by atoms with Gasteiger partial charge in [-0.25, -0.2) is 0 Å². The van der Waals surface area contributed by atoms with Gasteiger partial charge in [-0.15, -0.1) is 0 Å². The zero-order valence-electron chi connectivity index (χ0n) is 15.2. The number of halogens is 2. The summed E-state index contributed by atoms with van der Waals surface area (Å²) in [7, 11) is 0. The van der Waals surface area contributed by atoms with E-state index in [1.807, 2.05) is 19.1 Å². The molecule has 0 saturated heterocycles. The SMILES string of the molecule is CCOc1ccc(C(=O)Nc2ccc(Cl)cc2)cc1COc1ccccc1Cl. The van der Waals surface area contributed by atoms with E-state index in [1.165, 1.54) is 0 Å². The van der Waals surface area contributed by atoms with Crippen LogP contribution >= 0.6 is 23.2 Å². The maximum absolute atomic E-state index is 12.6. The fraction of sp³-hybridized carbons (Fsp3) is 0.136. The van der Waals surface area contributed by atoms with E-state index in [0.717, 1.165) is 5.56 Å². The second kappa shape index (κ2) is 9.49. The molecule has 0 bridgehead atoms. The lowest BCUT2D eigenvalue weighted by Gasteiger charge is -2.14. The van der Waals surface area contributed by atoms with Crippen molar-refractivity contribution in [2.24, 2.45) is 0 Å². The first-order valence-corrected chi connectivity index (χ1v) is 9.52. The van der Waals surface area contributed by atoms with Crippen molar-refractivity contribution in [3.63, 3.8) is 0 Å². The third-order valence-corrected chi connectivity index (χ3v) is 4.51. The molecular weight excluding hydrogens is 397 g/mol. The molecule has 0 spiro atoms. The Morgan fingerprint density at radius 3 is 2.39 bits per heavy atom. The van der Waals surface area contributed by atoms with Gasteiger partial charge in [0.25, 0.3) is 5.91 Å². The fourth-order valence-corrected chi connectivity index (χ4v) is 2.90. The Labute approximate surface area is 174 Å². The Morgan fingerprint density at radius 1 is 0.929 bits per heavy atom. The van der Waals surface area contributed by atoms with E-state index in [4.69, 9.17) is 32.7 Å². The molecule has 0 radical (unpaired) electrons. The van der Waals surface area contributed by atoms with Crippen molar-refractivity contribution in [2.75, 3.05) is 11.9 Å². The van der Waals surface area contributed by atoms with Crippen LogP contribution in [0.2, 0.25) is 10.0 Å². The van der Waals surface area contributed by atoms with Crippen LogP contribution in [-0.4, -0.2) is 12.5 Å². The van der Waals surface area contributed by atoms with Gasteiger partial charge >= 0.3 is 0 Å². The molecule has 0 saturated carbocycles. The maximum Gasteiger partial charge on any atom is 0.255 e. The number of benzene rings is 3. The van der Waals surface area contributed by atoms with Gasteiger partial charge in [-0.05, 0) is 61.5 Å². The third kappa shape index (κ3) is 5.18. The lowest BCUT2D eigenvalue weighted by Crippen LogP contribution is -2.13. The number of anilines is 1. The Bertz CT molecular complexity index is 958. The zero-order valence-corrected chi connectivity index (χ0v) is 16.8. The highest BCUT2D eigenvalue weighted by molar-refractivity contribution is 6.32. The molecule has 0 aliphatic rings. The number of rotatable bonds is 7. The number of ether oxygens (including phenoxy) is 2. The number of carbonyl (C=O) groups is 1. The minimum atomic E-state index is -0.232. The summed E-state index contributed by atoms with van der Waals surface area (Å²) in [6.07, 6.45) is 0. The van der Waals surface area contributed by atoms with E-state index < -0.39 is 0 Å². The van der Waals surface area contributed by atoms with Gasteiger partial charge < -0.3 is 14.8 Å². The summed E-state index contributed by atoms with van der Waals surface area (Å²) < 4.78 is 11.5. The smallest absolute Gasteiger partial charge is 0.255 e. The van der Waals surface area contributed by atoms with E-state index in [2.05, 4.69) is 5.32 Å². The van der Waals surface area contributed by atoms with Gasteiger partial charge in [-0.3, -0.25) is 4.79 Å². The molecule has 28 heavy (non-hydrogen) atoms. The number of hydrogen-bond donors (Lipinski definition) is 1. The van der Waals surface area contributed by atoms with E-state index >= 15 is 0 Å². The quantitative estimate of drug-likeness (QED) is 0.497. The van der Waals surface area contributed by atoms with E-state index in [1.54, 1.807) is 54.6 Å². The number of nitrogens with one attached hydrogen (secondary N) is 1. The number of para-hydroxylation sites is 1. The molecule has 3 aromatic rings. The first-order valence-electron chi connectivity index (χ1n) is 8.77. The van der Waals surface area contributed by atoms with Gasteiger partial charge in [-0.2, -0.15) is 0 Å². The fourth-order valence-electron chi connectivity index (χ4n) is 2.58. The zero-order chi connectivity index (χ0) is 19.9. The predicted molar refractivity (Wildman–Crippen MR) is 113 cm³/mol. The van der Waals surface area contributed by atoms with Crippen LogP contribution < -0.4 is 14.8 Å². The molecule has 144 valence electrons. The molecule has 0 aromatic heterocycles. The van der Waals surface area contributed by atoms with Crippen LogP contribution in [0.25, 0.3) is 0 Å². The topological polar surface area (TPSA) is 47.6 Å². The van der Waals surface area contributed by atoms with Gasteiger partial charge in [0.05, 0.1) is 11.6 Å². The number of hydrogen-bond acceptors (Lipinski definition) is 3. The summed E-state index contributed by atoms with van der Waals surface area (Å²) in [6, 6.07) is 19.4. The van der Waals surface area contributed by atoms with Gasteiger partial charge in [0.2, 0.25) is 0 Å². The Morgan fingerprint density at radius 2 is 1.68 bits per heavy atom. The summed E-state index contributed by atoms with van der Waals surface area (Å²) in [6.45, 7) is 2.64. The Kier molecular flexibility index (Phi) is 6.80. The van der Waals surface area contributed by atoms with Crippen molar-refractivity contribution in [2.45, 2.75) is 13.5 Å². The lowest BCUT2D eigenvalue weighted by atomic mass is 10.1. The summed E-state index contributed by atoms with van der Waals surface area (Å²) in [5, 5.41) is 3.98. The molecular formula is C22H19Cl2NO3. The average molecular weight is 416 g/mol. The molecule has 0 unspecified atom stereocenters. The molecule has 3 aromatic carbocycles. The Balaban J connectivity index is 1.79. The number of amides is 1. The van der Waals surface area contributed by atoms with Crippen LogP contribution in [0.1, 0.15) is 22.8 Å². The lowest BCUT2D eigenvalue weighted by molar-refractivity contribution is 0.102. The molecule has 0 heterocycles. The van der Waals surface area contributed by atoms with Crippen molar-refractivity contribution in [3.8, 4) is 11.5 Å². The standard InChI is InChI=1S/C22H19Cl2NO3/c1-2-27-20-12-7-15(22(26)25-18-10-8-17(23)9-11-18)13-16(20)14-28-21-6-4-3-5-19(21)24/h3-13H,2,14H2,1H3,(H,25,26). The highest BCUT2D eigenvalue weighted by atomic mass is 35.5. The molecule has 1 N–H and O–H groups in total. The summed E-state index contributed by atoms with van der Waals surface area (Å²) in [5.74, 6) is 1.00. The van der Waals surface area contributed by atoms with E-state index in [-0.39, 0.29) is 12.5 Å². The van der Waals surface area contributed by atoms with E-state index in [9.17, 15) is 4.79 Å². The van der Waals surface area contributed by atoms with Crippen LogP contribution in [-0.2, 0) is 6.61 Å². The molecule has 0 aliphatic heterocycles. The van der Waals surface area contributed by atoms with Gasteiger partial charge in [-0.1, -0.05) is 35.3 Å². The normalized spacial score (nSPS) is 10.4. The summed E-state index contributed by atoms with van der Waals surface area (Å²) in [5.41, 5.74) is 1.92. The third-order valence-electron chi connectivity index (χ3n) is 3.94. The van der Waals surface area contributed by atoms with Crippen LogP contribution in [0.4, 0.5) is 5.69 Å². The first-order chi connectivity index (χ1) is 13.6. The summed E-state index contributed by atoms with van der Waals surface area (Å²) in [4.78, 5) is 12.6. The second-order valence-corrected chi connectivity index (χ2v) is 6.78. The van der Waals surface area contributed by atoms with Crippen molar-refractivity contribution in [3.05, 3.63) is 87.9 Å². The van der Waals surface area contributed by atoms with Crippen molar-refractivity contribution < 1.29 is 14.3 Å². The van der Waals surface area contributed by atoms with Gasteiger partial charge in [0.15, 0.2) is 0 Å². The number of carbonyl (C=O) groups excluding carboxylic acids is 1. The minimum absolute atomic E-state index is 0.223. The van der Waals surface area contributed by atoms with E-state index in [0.29, 0.717) is 39.4 Å². The van der Waals surface area contributed by atoms with Crippen LogP contribution in [0.3, 0.4) is 0 Å². The van der Waals surface area contributed by atoms with Gasteiger partial charge in [0, 0.05) is 21.8 Å². The predicted octanol–water partition coefficient (Wildman–Crippen LogP) is 6.22. The average Bonchev–Trinajstić information content (AvgIpc) is 2.70. The van der Waals surface area contributed by atoms with Gasteiger partial charge in [0.1, 0.15) is 18.1 Å². The molecule has 0 fully saturated rings. The minimum Gasteiger partial charge on any atom is -0.493 e. The van der Waals surface area contributed by atoms with Crippen LogP contribution in [0.15, 0.2) is 66.7 Å². The highest BCUT2D eigenvalue weighted by Crippen LogP contribution is 2.27. The molecule has 4 nitrogen and oxygen atoms in total. The van der Waals surface area contributed by atoms with Crippen molar-refractivity contribution in [1.82, 2.24) is 0 Å². The molecule has 6 heteroatoms. The van der Waals surface area contributed by atoms with Crippen LogP contribution in [0, 0.1) is 0 Å². The monoisotopic (exact) mass is 415 g/mol. The van der Waals surface area contributed by atoms with Crippen molar-refractivity contribution >= 4 is 34.8 Å².